The average molecular weight is 203 g/mol. The van der Waals surface area contributed by atoms with Crippen LogP contribution in [0, 0.1) is 6.92 Å². The van der Waals surface area contributed by atoms with E-state index in [-0.39, 0.29) is 5.91 Å². The molecule has 1 amide bonds. The van der Waals surface area contributed by atoms with Gasteiger partial charge >= 0.3 is 0 Å². The number of hydrogen-bond donors (Lipinski definition) is 3. The Morgan fingerprint density at radius 3 is 2.93 bits per heavy atom. The zero-order valence-corrected chi connectivity index (χ0v) is 8.50. The van der Waals surface area contributed by atoms with Crippen LogP contribution in [0.25, 0.3) is 10.9 Å². The molecular weight excluding hydrogens is 190 g/mol. The molecule has 0 bridgehead atoms. The molecule has 0 aliphatic carbocycles. The molecule has 1 heterocycles. The van der Waals surface area contributed by atoms with Crippen LogP contribution in [0.1, 0.15) is 11.3 Å². The molecule has 4 N–H and O–H groups in total. The number of H-pyrrole nitrogens is 1. The molecule has 4 nitrogen and oxygen atoms in total. The van der Waals surface area contributed by atoms with Crippen molar-refractivity contribution >= 4 is 16.8 Å². The quantitative estimate of drug-likeness (QED) is 0.387. The first-order valence-electron chi connectivity index (χ1n) is 4.78. The van der Waals surface area contributed by atoms with E-state index in [1.54, 1.807) is 0 Å². The fourth-order valence-corrected chi connectivity index (χ4v) is 1.77. The van der Waals surface area contributed by atoms with E-state index in [2.05, 4.69) is 10.4 Å². The standard InChI is InChI=1S/C11H13N3O/c1-7-9(6-11(15)14-12)8-4-2-3-5-10(8)13-7/h2-5,13H,6,12H2,1H3,(H,14,15). The summed E-state index contributed by atoms with van der Waals surface area (Å²) in [6.45, 7) is 1.96. The molecule has 1 aromatic carbocycles. The molecule has 0 fully saturated rings. The second-order valence-corrected chi connectivity index (χ2v) is 3.52. The summed E-state index contributed by atoms with van der Waals surface area (Å²) in [5, 5.41) is 1.08. The van der Waals surface area contributed by atoms with E-state index in [0.29, 0.717) is 6.42 Å². The molecule has 0 saturated carbocycles. The van der Waals surface area contributed by atoms with Crippen LogP contribution in [0.3, 0.4) is 0 Å². The van der Waals surface area contributed by atoms with Gasteiger partial charge in [-0.05, 0) is 18.6 Å². The van der Waals surface area contributed by atoms with E-state index in [1.165, 1.54) is 0 Å². The first kappa shape index (κ1) is 9.73. The minimum Gasteiger partial charge on any atom is -0.358 e. The van der Waals surface area contributed by atoms with Crippen LogP contribution >= 0.6 is 0 Å². The van der Waals surface area contributed by atoms with E-state index < -0.39 is 0 Å². The van der Waals surface area contributed by atoms with Crippen molar-refractivity contribution < 1.29 is 4.79 Å². The molecule has 0 aliphatic heterocycles. The Bertz CT molecular complexity index is 502. The fourth-order valence-electron chi connectivity index (χ4n) is 1.77. The lowest BCUT2D eigenvalue weighted by Gasteiger charge is -1.99. The lowest BCUT2D eigenvalue weighted by Crippen LogP contribution is -2.31. The molecule has 0 atom stereocenters. The number of amides is 1. The molecular formula is C11H13N3O. The summed E-state index contributed by atoms with van der Waals surface area (Å²) in [6, 6.07) is 7.91. The van der Waals surface area contributed by atoms with E-state index in [0.717, 1.165) is 22.2 Å². The van der Waals surface area contributed by atoms with Crippen LogP contribution in [0.5, 0.6) is 0 Å². The lowest BCUT2D eigenvalue weighted by atomic mass is 10.1. The van der Waals surface area contributed by atoms with Crippen molar-refractivity contribution in [3.63, 3.8) is 0 Å². The molecule has 4 heteroatoms. The van der Waals surface area contributed by atoms with Gasteiger partial charge in [-0.15, -0.1) is 0 Å². The highest BCUT2D eigenvalue weighted by Gasteiger charge is 2.10. The Hall–Kier alpha value is -1.81. The monoisotopic (exact) mass is 203 g/mol. The number of aryl methyl sites for hydroxylation is 1. The van der Waals surface area contributed by atoms with Gasteiger partial charge in [-0.1, -0.05) is 18.2 Å². The van der Waals surface area contributed by atoms with Gasteiger partial charge in [0.15, 0.2) is 0 Å². The highest BCUT2D eigenvalue weighted by Crippen LogP contribution is 2.21. The van der Waals surface area contributed by atoms with E-state index in [4.69, 9.17) is 5.84 Å². The van der Waals surface area contributed by atoms with Crippen molar-refractivity contribution in [2.75, 3.05) is 0 Å². The molecule has 2 aromatic rings. The Morgan fingerprint density at radius 1 is 1.47 bits per heavy atom. The van der Waals surface area contributed by atoms with Gasteiger partial charge in [0.2, 0.25) is 5.91 Å². The van der Waals surface area contributed by atoms with Crippen molar-refractivity contribution in [2.24, 2.45) is 5.84 Å². The van der Waals surface area contributed by atoms with Crippen LogP contribution in [0.4, 0.5) is 0 Å². The van der Waals surface area contributed by atoms with Gasteiger partial charge in [0.25, 0.3) is 0 Å². The second-order valence-electron chi connectivity index (χ2n) is 3.52. The van der Waals surface area contributed by atoms with Gasteiger partial charge in [-0.25, -0.2) is 5.84 Å². The number of hydrogen-bond acceptors (Lipinski definition) is 2. The number of carbonyl (C=O) groups excluding carboxylic acids is 1. The minimum absolute atomic E-state index is 0.178. The molecule has 2 rings (SSSR count). The van der Waals surface area contributed by atoms with Gasteiger partial charge in [0.05, 0.1) is 6.42 Å². The average Bonchev–Trinajstić information content (AvgIpc) is 2.55. The van der Waals surface area contributed by atoms with Crippen LogP contribution in [0.2, 0.25) is 0 Å². The van der Waals surface area contributed by atoms with Crippen LogP contribution < -0.4 is 11.3 Å². The van der Waals surface area contributed by atoms with Crippen molar-refractivity contribution in [2.45, 2.75) is 13.3 Å². The molecule has 0 unspecified atom stereocenters. The highest BCUT2D eigenvalue weighted by atomic mass is 16.2. The van der Waals surface area contributed by atoms with E-state index in [1.807, 2.05) is 31.2 Å². The second kappa shape index (κ2) is 3.74. The molecule has 15 heavy (non-hydrogen) atoms. The van der Waals surface area contributed by atoms with Crippen molar-refractivity contribution in [1.29, 1.82) is 0 Å². The number of aromatic nitrogens is 1. The Labute approximate surface area is 87.4 Å². The fraction of sp³-hybridized carbons (Fsp3) is 0.182. The summed E-state index contributed by atoms with van der Waals surface area (Å²) in [6.07, 6.45) is 0.312. The zero-order valence-electron chi connectivity index (χ0n) is 8.50. The molecule has 1 aromatic heterocycles. The maximum Gasteiger partial charge on any atom is 0.238 e. The summed E-state index contributed by atoms with van der Waals surface area (Å²) < 4.78 is 0. The highest BCUT2D eigenvalue weighted by molar-refractivity contribution is 5.89. The number of benzene rings is 1. The number of rotatable bonds is 2. The van der Waals surface area contributed by atoms with Crippen molar-refractivity contribution in [3.05, 3.63) is 35.5 Å². The predicted octanol–water partition coefficient (Wildman–Crippen LogP) is 1.01. The molecule has 0 radical (unpaired) electrons. The SMILES string of the molecule is Cc1[nH]c2ccccc2c1CC(=O)NN. The van der Waals surface area contributed by atoms with Gasteiger partial charge in [-0.2, -0.15) is 0 Å². The number of nitrogens with two attached hydrogens (primary N) is 1. The Balaban J connectivity index is 2.49. The third kappa shape index (κ3) is 1.71. The predicted molar refractivity (Wildman–Crippen MR) is 59.1 cm³/mol. The summed E-state index contributed by atoms with van der Waals surface area (Å²) >= 11 is 0. The van der Waals surface area contributed by atoms with Crippen molar-refractivity contribution in [1.82, 2.24) is 10.4 Å². The number of aromatic amines is 1. The minimum atomic E-state index is -0.178. The Morgan fingerprint density at radius 2 is 2.20 bits per heavy atom. The number of hydrazine groups is 1. The number of nitrogens with one attached hydrogen (secondary N) is 2. The molecule has 0 aliphatic rings. The van der Waals surface area contributed by atoms with Gasteiger partial charge < -0.3 is 4.98 Å². The largest absolute Gasteiger partial charge is 0.358 e. The maximum absolute atomic E-state index is 11.2. The van der Waals surface area contributed by atoms with Crippen molar-refractivity contribution in [3.8, 4) is 0 Å². The van der Waals surface area contributed by atoms with Gasteiger partial charge in [0.1, 0.15) is 0 Å². The zero-order chi connectivity index (χ0) is 10.8. The normalized spacial score (nSPS) is 10.5. The Kier molecular flexibility index (Phi) is 2.43. The first-order valence-corrected chi connectivity index (χ1v) is 4.78. The van der Waals surface area contributed by atoms with Crippen LogP contribution in [-0.2, 0) is 11.2 Å². The first-order chi connectivity index (χ1) is 7.22. The topological polar surface area (TPSA) is 70.9 Å². The molecule has 78 valence electrons. The number of carbonyl (C=O) groups is 1. The molecule has 0 saturated heterocycles. The molecule has 0 spiro atoms. The summed E-state index contributed by atoms with van der Waals surface area (Å²) in [4.78, 5) is 14.5. The maximum atomic E-state index is 11.2. The third-order valence-electron chi connectivity index (χ3n) is 2.53. The van der Waals surface area contributed by atoms with Gasteiger partial charge in [-0.3, -0.25) is 10.2 Å². The van der Waals surface area contributed by atoms with Gasteiger partial charge in [0, 0.05) is 16.6 Å². The summed E-state index contributed by atoms with van der Waals surface area (Å²) in [5.74, 6) is 4.90. The third-order valence-corrected chi connectivity index (χ3v) is 2.53. The summed E-state index contributed by atoms with van der Waals surface area (Å²) in [7, 11) is 0. The van der Waals surface area contributed by atoms with E-state index >= 15 is 0 Å². The van der Waals surface area contributed by atoms with Crippen LogP contribution in [0.15, 0.2) is 24.3 Å². The summed E-state index contributed by atoms with van der Waals surface area (Å²) in [5.41, 5.74) is 5.21. The van der Waals surface area contributed by atoms with E-state index in [9.17, 15) is 4.79 Å². The van der Waals surface area contributed by atoms with Crippen LogP contribution in [-0.4, -0.2) is 10.9 Å². The number of fused-ring (bicyclic) bond motifs is 1. The smallest absolute Gasteiger partial charge is 0.238 e. The lowest BCUT2D eigenvalue weighted by molar-refractivity contribution is -0.120. The number of para-hydroxylation sites is 1.